The summed E-state index contributed by atoms with van der Waals surface area (Å²) in [6.45, 7) is 5.17. The summed E-state index contributed by atoms with van der Waals surface area (Å²) in [5.41, 5.74) is 0.639. The molecule has 1 aliphatic heterocycles. The Morgan fingerprint density at radius 1 is 0.885 bits per heavy atom. The predicted octanol–water partition coefficient (Wildman–Crippen LogP) is 6.51. The van der Waals surface area contributed by atoms with Crippen LogP contribution in [0.15, 0.2) is 48.5 Å². The SMILES string of the molecule is CC(=N)N1CCC(CNC(=O)[C@@H](NC(=O)C(Cc2ccc(NC(C)=O)cc2)c2cccc(C(F)(F)F)c2)C2CCCCC2)CC1.O=C(O)C(F)(F)F. The summed E-state index contributed by atoms with van der Waals surface area (Å²) in [6.07, 6.45) is -3.31. The molecule has 52 heavy (non-hydrogen) atoms. The van der Waals surface area contributed by atoms with Crippen molar-refractivity contribution in [1.29, 1.82) is 5.41 Å². The highest BCUT2D eigenvalue weighted by Crippen LogP contribution is 2.33. The number of carboxylic acids is 1. The summed E-state index contributed by atoms with van der Waals surface area (Å²) in [6, 6.07) is 10.8. The molecular weight excluding hydrogens is 696 g/mol. The number of alkyl halides is 6. The van der Waals surface area contributed by atoms with Gasteiger partial charge < -0.3 is 26.0 Å². The molecule has 2 fully saturated rings. The molecule has 1 heterocycles. The highest BCUT2D eigenvalue weighted by atomic mass is 19.4. The van der Waals surface area contributed by atoms with Gasteiger partial charge in [-0.15, -0.1) is 0 Å². The number of amidine groups is 1. The summed E-state index contributed by atoms with van der Waals surface area (Å²) in [7, 11) is 0. The number of hydrogen-bond donors (Lipinski definition) is 5. The lowest BCUT2D eigenvalue weighted by molar-refractivity contribution is -0.192. The first-order chi connectivity index (χ1) is 24.3. The number of benzene rings is 2. The highest BCUT2D eigenvalue weighted by Gasteiger charge is 2.38. The summed E-state index contributed by atoms with van der Waals surface area (Å²) >= 11 is 0. The van der Waals surface area contributed by atoms with E-state index in [1.165, 1.54) is 19.1 Å². The second-order valence-electron chi connectivity index (χ2n) is 13.2. The van der Waals surface area contributed by atoms with E-state index >= 15 is 0 Å². The molecule has 0 bridgehead atoms. The number of anilines is 1. The normalized spacial score (nSPS) is 16.8. The lowest BCUT2D eigenvalue weighted by atomic mass is 9.82. The highest BCUT2D eigenvalue weighted by molar-refractivity contribution is 5.91. The molecule has 1 aliphatic carbocycles. The first-order valence-electron chi connectivity index (χ1n) is 17.1. The Kier molecular flexibility index (Phi) is 15.1. The maximum atomic E-state index is 14.0. The van der Waals surface area contributed by atoms with E-state index in [2.05, 4.69) is 16.0 Å². The zero-order valence-corrected chi connectivity index (χ0v) is 29.0. The van der Waals surface area contributed by atoms with E-state index in [1.807, 2.05) is 4.90 Å². The van der Waals surface area contributed by atoms with Gasteiger partial charge in [0.05, 0.1) is 17.3 Å². The molecule has 286 valence electrons. The number of amides is 3. The summed E-state index contributed by atoms with van der Waals surface area (Å²) in [5, 5.41) is 23.7. The van der Waals surface area contributed by atoms with Gasteiger partial charge >= 0.3 is 18.3 Å². The molecule has 2 atom stereocenters. The third kappa shape index (κ3) is 13.2. The van der Waals surface area contributed by atoms with Crippen molar-refractivity contribution in [2.24, 2.45) is 11.8 Å². The van der Waals surface area contributed by atoms with Gasteiger partial charge in [-0.05, 0) is 80.2 Å². The Bertz CT molecular complexity index is 1540. The molecule has 0 radical (unpaired) electrons. The van der Waals surface area contributed by atoms with E-state index < -0.39 is 41.8 Å². The van der Waals surface area contributed by atoms with Crippen LogP contribution < -0.4 is 16.0 Å². The van der Waals surface area contributed by atoms with Crippen molar-refractivity contribution in [3.05, 3.63) is 65.2 Å². The number of likely N-dealkylation sites (tertiary alicyclic amines) is 1. The number of carbonyl (C=O) groups excluding carboxylic acids is 3. The lowest BCUT2D eigenvalue weighted by Gasteiger charge is -2.34. The van der Waals surface area contributed by atoms with Crippen LogP contribution in [-0.4, -0.2) is 71.4 Å². The number of hydrogen-bond acceptors (Lipinski definition) is 5. The lowest BCUT2D eigenvalue weighted by Crippen LogP contribution is -2.53. The van der Waals surface area contributed by atoms with Gasteiger partial charge in [-0.2, -0.15) is 26.3 Å². The van der Waals surface area contributed by atoms with Crippen molar-refractivity contribution in [3.63, 3.8) is 0 Å². The van der Waals surface area contributed by atoms with Gasteiger partial charge in [0.2, 0.25) is 17.7 Å². The van der Waals surface area contributed by atoms with Crippen LogP contribution in [-0.2, 0) is 31.8 Å². The number of rotatable bonds is 10. The zero-order valence-electron chi connectivity index (χ0n) is 29.0. The maximum Gasteiger partial charge on any atom is 0.490 e. The van der Waals surface area contributed by atoms with E-state index in [0.29, 0.717) is 23.6 Å². The van der Waals surface area contributed by atoms with Crippen molar-refractivity contribution in [1.82, 2.24) is 15.5 Å². The largest absolute Gasteiger partial charge is 0.490 e. The van der Waals surface area contributed by atoms with Gasteiger partial charge in [0, 0.05) is 32.2 Å². The monoisotopic (exact) mass is 741 g/mol. The summed E-state index contributed by atoms with van der Waals surface area (Å²) in [5.74, 6) is -3.99. The average molecular weight is 742 g/mol. The van der Waals surface area contributed by atoms with Crippen LogP contribution in [0, 0.1) is 17.2 Å². The van der Waals surface area contributed by atoms with Crippen LogP contribution in [0.1, 0.15) is 81.4 Å². The van der Waals surface area contributed by atoms with Gasteiger partial charge in [-0.1, -0.05) is 49.6 Å². The average Bonchev–Trinajstić information content (AvgIpc) is 3.09. The van der Waals surface area contributed by atoms with Gasteiger partial charge in [-0.25, -0.2) is 4.79 Å². The number of carbonyl (C=O) groups is 4. The second kappa shape index (κ2) is 18.7. The van der Waals surface area contributed by atoms with E-state index in [0.717, 1.165) is 70.2 Å². The first kappa shape index (κ1) is 41.8. The molecule has 5 N–H and O–H groups in total. The summed E-state index contributed by atoms with van der Waals surface area (Å²) in [4.78, 5) is 50.0. The van der Waals surface area contributed by atoms with Gasteiger partial charge in [-0.3, -0.25) is 19.8 Å². The molecular formula is C36H45F6N5O5. The molecule has 0 spiro atoms. The topological polar surface area (TPSA) is 152 Å². The molecule has 1 saturated heterocycles. The third-order valence-corrected chi connectivity index (χ3v) is 9.24. The second-order valence-corrected chi connectivity index (χ2v) is 13.2. The number of halogens is 6. The fourth-order valence-corrected chi connectivity index (χ4v) is 6.40. The van der Waals surface area contributed by atoms with Crippen molar-refractivity contribution in [2.75, 3.05) is 25.0 Å². The quantitative estimate of drug-likeness (QED) is 0.106. The number of nitrogens with zero attached hydrogens (tertiary/aromatic N) is 1. The zero-order chi connectivity index (χ0) is 38.6. The summed E-state index contributed by atoms with van der Waals surface area (Å²) < 4.78 is 72.7. The molecule has 3 amide bonds. The first-order valence-corrected chi connectivity index (χ1v) is 17.1. The van der Waals surface area contributed by atoms with Crippen LogP contribution >= 0.6 is 0 Å². The predicted molar refractivity (Wildman–Crippen MR) is 182 cm³/mol. The Morgan fingerprint density at radius 2 is 1.48 bits per heavy atom. The fraction of sp³-hybridized carbons (Fsp3) is 0.528. The fourth-order valence-electron chi connectivity index (χ4n) is 6.40. The van der Waals surface area contributed by atoms with Crippen LogP contribution in [0.25, 0.3) is 0 Å². The Balaban J connectivity index is 0.000000944. The Labute approximate surface area is 298 Å². The van der Waals surface area contributed by atoms with Gasteiger partial charge in [0.1, 0.15) is 6.04 Å². The standard InChI is InChI=1S/C34H44F3N5O3.C2HF3O2/c1-22(38)42-17-15-25(16-18-42)21-39-33(45)31(26-7-4-3-5-8-26)41-32(44)30(27-9-6-10-28(20-27)34(35,36)37)19-24-11-13-29(14-12-24)40-23(2)43;3-2(4,5)1(6)7/h6,9-14,20,25-26,30-31,38H,3-5,7-8,15-19,21H2,1-2H3,(H,39,45)(H,40,43)(H,41,44);(H,6,7)/t30?,31-;/m0./s1. The molecule has 1 saturated carbocycles. The van der Waals surface area contributed by atoms with E-state index in [1.54, 1.807) is 31.2 Å². The van der Waals surface area contributed by atoms with Crippen LogP contribution in [0.4, 0.5) is 32.0 Å². The van der Waals surface area contributed by atoms with Crippen LogP contribution in [0.2, 0.25) is 0 Å². The molecule has 2 aromatic rings. The van der Waals surface area contributed by atoms with Gasteiger partial charge in [0.15, 0.2) is 0 Å². The smallest absolute Gasteiger partial charge is 0.475 e. The molecule has 0 aromatic heterocycles. The van der Waals surface area contributed by atoms with E-state index in [-0.39, 0.29) is 35.6 Å². The van der Waals surface area contributed by atoms with Crippen LogP contribution in [0.5, 0.6) is 0 Å². The molecule has 2 aliphatic rings. The molecule has 10 nitrogen and oxygen atoms in total. The van der Waals surface area contributed by atoms with Crippen molar-refractivity contribution in [2.45, 2.75) is 89.5 Å². The maximum absolute atomic E-state index is 14.0. The van der Waals surface area contributed by atoms with Crippen molar-refractivity contribution < 1.29 is 50.6 Å². The minimum Gasteiger partial charge on any atom is -0.475 e. The van der Waals surface area contributed by atoms with Crippen LogP contribution in [0.3, 0.4) is 0 Å². The molecule has 4 rings (SSSR count). The van der Waals surface area contributed by atoms with E-state index in [4.69, 9.17) is 15.3 Å². The van der Waals surface area contributed by atoms with Crippen molar-refractivity contribution in [3.8, 4) is 0 Å². The van der Waals surface area contributed by atoms with Crippen molar-refractivity contribution >= 4 is 35.2 Å². The molecule has 1 unspecified atom stereocenters. The minimum atomic E-state index is -5.08. The Hall–Kier alpha value is -4.63. The number of piperidine rings is 1. The number of nitrogens with one attached hydrogen (secondary N) is 4. The third-order valence-electron chi connectivity index (χ3n) is 9.24. The van der Waals surface area contributed by atoms with Gasteiger partial charge in [0.25, 0.3) is 0 Å². The molecule has 2 aromatic carbocycles. The van der Waals surface area contributed by atoms with E-state index in [9.17, 15) is 40.7 Å². The molecule has 16 heteroatoms. The Morgan fingerprint density at radius 3 is 2.00 bits per heavy atom. The minimum absolute atomic E-state index is 0.0655. The number of aliphatic carboxylic acids is 1. The number of carboxylic acid groups (broad SMARTS) is 1.